The Kier molecular flexibility index (Phi) is 6.15. The van der Waals surface area contributed by atoms with Crippen LogP contribution in [0, 0.1) is 19.8 Å². The number of H-pyrrole nitrogens is 1. The lowest BCUT2D eigenvalue weighted by Gasteiger charge is -2.08. The van der Waals surface area contributed by atoms with Gasteiger partial charge in [0.05, 0.1) is 17.6 Å². The van der Waals surface area contributed by atoms with E-state index in [1.165, 1.54) is 0 Å². The quantitative estimate of drug-likeness (QED) is 0.370. The fourth-order valence-corrected chi connectivity index (χ4v) is 4.67. The second-order valence-corrected chi connectivity index (χ2v) is 9.13. The lowest BCUT2D eigenvalue weighted by atomic mass is 10.1. The van der Waals surface area contributed by atoms with Gasteiger partial charge in [-0.2, -0.15) is 0 Å². The zero-order chi connectivity index (χ0) is 23.7. The summed E-state index contributed by atoms with van der Waals surface area (Å²) in [5.74, 6) is 2.13. The van der Waals surface area contributed by atoms with E-state index in [1.54, 1.807) is 12.2 Å². The number of carbonyl (C=O) groups excluding carboxylic acids is 1. The molecule has 3 aromatic heterocycles. The minimum absolute atomic E-state index is 0.0924. The number of amides is 1. The van der Waals surface area contributed by atoms with Crippen LogP contribution in [0.3, 0.4) is 0 Å². The summed E-state index contributed by atoms with van der Waals surface area (Å²) in [5, 5.41) is 6.29. The van der Waals surface area contributed by atoms with E-state index in [9.17, 15) is 4.79 Å². The number of benzene rings is 1. The molecule has 1 atom stereocenters. The lowest BCUT2D eigenvalue weighted by Crippen LogP contribution is -2.28. The van der Waals surface area contributed by atoms with Gasteiger partial charge in [-0.1, -0.05) is 13.0 Å². The summed E-state index contributed by atoms with van der Waals surface area (Å²) in [4.78, 5) is 29.7. The van der Waals surface area contributed by atoms with Crippen molar-refractivity contribution in [3.05, 3.63) is 58.8 Å². The van der Waals surface area contributed by atoms with Crippen LogP contribution in [-0.2, 0) is 17.8 Å². The number of imidazole rings is 2. The molecule has 1 fully saturated rings. The Bertz CT molecular complexity index is 1380. The third-order valence-electron chi connectivity index (χ3n) is 6.44. The number of nitrogens with one attached hydrogen (secondary N) is 3. The predicted molar refractivity (Wildman–Crippen MR) is 135 cm³/mol. The number of aromatic nitrogens is 5. The Balaban J connectivity index is 1.34. The van der Waals surface area contributed by atoms with Crippen LogP contribution in [0.2, 0.25) is 0 Å². The molecule has 0 aliphatic carbocycles. The van der Waals surface area contributed by atoms with Gasteiger partial charge < -0.3 is 20.2 Å². The van der Waals surface area contributed by atoms with Crippen molar-refractivity contribution in [2.24, 2.45) is 5.92 Å². The maximum atomic E-state index is 12.2. The molecule has 4 aromatic rings. The average Bonchev–Trinajstić information content (AvgIpc) is 3.55. The first kappa shape index (κ1) is 22.3. The molecular weight excluding hydrogens is 426 g/mol. The number of pyridine rings is 1. The van der Waals surface area contributed by atoms with Crippen LogP contribution in [0.25, 0.3) is 28.3 Å². The highest BCUT2D eigenvalue weighted by molar-refractivity contribution is 5.91. The standard InChI is InChI=1S/C26H31N7O/c1-4-23-32-25-16(2)11-17(3)29-26(25)33(23)15-18-5-6-20-21(12-18)31-22(30-20)7-8-24(34)28-14-19-9-10-27-13-19/h5-8,11-12,19,27H,4,9-10,13-15H2,1-3H3,(H,28,34)(H,30,31)/b8-7+. The maximum absolute atomic E-state index is 12.2. The second-order valence-electron chi connectivity index (χ2n) is 9.13. The Morgan fingerprint density at radius 2 is 2.12 bits per heavy atom. The molecule has 1 aromatic carbocycles. The molecule has 5 rings (SSSR count). The van der Waals surface area contributed by atoms with Crippen molar-refractivity contribution in [2.45, 2.75) is 40.2 Å². The first-order valence-corrected chi connectivity index (χ1v) is 12.0. The maximum Gasteiger partial charge on any atom is 0.244 e. The zero-order valence-corrected chi connectivity index (χ0v) is 20.0. The van der Waals surface area contributed by atoms with Gasteiger partial charge in [0.25, 0.3) is 0 Å². The number of nitrogens with zero attached hydrogens (tertiary/aromatic N) is 4. The molecule has 176 valence electrons. The van der Waals surface area contributed by atoms with Crippen molar-refractivity contribution >= 4 is 34.2 Å². The molecule has 8 heteroatoms. The van der Waals surface area contributed by atoms with E-state index in [4.69, 9.17) is 9.97 Å². The van der Waals surface area contributed by atoms with E-state index >= 15 is 0 Å². The second kappa shape index (κ2) is 9.38. The molecule has 1 amide bonds. The van der Waals surface area contributed by atoms with Crippen LogP contribution in [-0.4, -0.2) is 50.0 Å². The van der Waals surface area contributed by atoms with E-state index in [2.05, 4.69) is 57.2 Å². The molecule has 0 spiro atoms. The minimum atomic E-state index is -0.0924. The lowest BCUT2D eigenvalue weighted by molar-refractivity contribution is -0.116. The number of hydrogen-bond donors (Lipinski definition) is 3. The van der Waals surface area contributed by atoms with E-state index in [0.717, 1.165) is 70.8 Å². The molecule has 34 heavy (non-hydrogen) atoms. The van der Waals surface area contributed by atoms with Gasteiger partial charge in [-0.3, -0.25) is 4.79 Å². The third kappa shape index (κ3) is 4.59. The molecule has 8 nitrogen and oxygen atoms in total. The SMILES string of the molecule is CCc1nc2c(C)cc(C)nc2n1Cc1ccc2nc(/C=C/C(=O)NCC3CCNC3)[nH]c2c1. The van der Waals surface area contributed by atoms with Crippen LogP contribution < -0.4 is 10.6 Å². The van der Waals surface area contributed by atoms with Crippen molar-refractivity contribution in [3.63, 3.8) is 0 Å². The zero-order valence-electron chi connectivity index (χ0n) is 20.0. The molecule has 1 aliphatic heterocycles. The third-order valence-corrected chi connectivity index (χ3v) is 6.44. The van der Waals surface area contributed by atoms with Crippen LogP contribution >= 0.6 is 0 Å². The summed E-state index contributed by atoms with van der Waals surface area (Å²) in [5.41, 5.74) is 7.01. The minimum Gasteiger partial charge on any atom is -0.352 e. The molecule has 0 bridgehead atoms. The summed E-state index contributed by atoms with van der Waals surface area (Å²) in [7, 11) is 0. The molecule has 1 aliphatic rings. The van der Waals surface area contributed by atoms with Crippen molar-refractivity contribution in [1.82, 2.24) is 35.1 Å². The Morgan fingerprint density at radius 1 is 1.24 bits per heavy atom. The van der Waals surface area contributed by atoms with Crippen LogP contribution in [0.1, 0.15) is 41.8 Å². The highest BCUT2D eigenvalue weighted by Gasteiger charge is 2.15. The van der Waals surface area contributed by atoms with Gasteiger partial charge in [0.1, 0.15) is 17.2 Å². The van der Waals surface area contributed by atoms with E-state index in [1.807, 2.05) is 13.0 Å². The van der Waals surface area contributed by atoms with Gasteiger partial charge in [-0.15, -0.1) is 0 Å². The van der Waals surface area contributed by atoms with Gasteiger partial charge in [-0.25, -0.2) is 15.0 Å². The predicted octanol–water partition coefficient (Wildman–Crippen LogP) is 3.27. The number of aromatic amines is 1. The van der Waals surface area contributed by atoms with Gasteiger partial charge in [0, 0.05) is 24.7 Å². The van der Waals surface area contributed by atoms with Crippen LogP contribution in [0.4, 0.5) is 0 Å². The molecular formula is C26H31N7O. The highest BCUT2D eigenvalue weighted by Crippen LogP contribution is 2.22. The molecule has 0 radical (unpaired) electrons. The summed E-state index contributed by atoms with van der Waals surface area (Å²) < 4.78 is 2.21. The van der Waals surface area contributed by atoms with Crippen molar-refractivity contribution in [3.8, 4) is 0 Å². The van der Waals surface area contributed by atoms with Crippen molar-refractivity contribution < 1.29 is 4.79 Å². The molecule has 4 heterocycles. The highest BCUT2D eigenvalue weighted by atomic mass is 16.1. The fraction of sp³-hybridized carbons (Fsp3) is 0.385. The van der Waals surface area contributed by atoms with E-state index < -0.39 is 0 Å². The van der Waals surface area contributed by atoms with Crippen LogP contribution in [0.15, 0.2) is 30.3 Å². The summed E-state index contributed by atoms with van der Waals surface area (Å²) in [6.07, 6.45) is 5.23. The number of rotatable bonds is 7. The molecule has 3 N–H and O–H groups in total. The smallest absolute Gasteiger partial charge is 0.244 e. The van der Waals surface area contributed by atoms with Gasteiger partial charge in [0.15, 0.2) is 5.65 Å². The normalized spacial score (nSPS) is 16.3. The van der Waals surface area contributed by atoms with Crippen LogP contribution in [0.5, 0.6) is 0 Å². The Morgan fingerprint density at radius 3 is 2.91 bits per heavy atom. The largest absolute Gasteiger partial charge is 0.352 e. The number of aryl methyl sites for hydroxylation is 3. The first-order valence-electron chi connectivity index (χ1n) is 12.0. The summed E-state index contributed by atoms with van der Waals surface area (Å²) >= 11 is 0. The topological polar surface area (TPSA) is 101 Å². The average molecular weight is 458 g/mol. The summed E-state index contributed by atoms with van der Waals surface area (Å²) in [6, 6.07) is 8.30. The monoisotopic (exact) mass is 457 g/mol. The number of fused-ring (bicyclic) bond motifs is 2. The number of carbonyl (C=O) groups is 1. The number of hydrogen-bond acceptors (Lipinski definition) is 5. The molecule has 1 saturated heterocycles. The van der Waals surface area contributed by atoms with Gasteiger partial charge in [0.2, 0.25) is 5.91 Å². The molecule has 0 saturated carbocycles. The molecule has 1 unspecified atom stereocenters. The van der Waals surface area contributed by atoms with Gasteiger partial charge >= 0.3 is 0 Å². The van der Waals surface area contributed by atoms with Crippen molar-refractivity contribution in [2.75, 3.05) is 19.6 Å². The van der Waals surface area contributed by atoms with E-state index in [0.29, 0.717) is 24.8 Å². The Labute approximate surface area is 198 Å². The van der Waals surface area contributed by atoms with E-state index in [-0.39, 0.29) is 5.91 Å². The van der Waals surface area contributed by atoms with Gasteiger partial charge in [-0.05, 0) is 74.7 Å². The summed E-state index contributed by atoms with van der Waals surface area (Å²) in [6.45, 7) is 9.63. The Hall–Kier alpha value is -3.52. The van der Waals surface area contributed by atoms with Crippen molar-refractivity contribution in [1.29, 1.82) is 0 Å². The first-order chi connectivity index (χ1) is 16.5. The fourth-order valence-electron chi connectivity index (χ4n) is 4.67.